The number of rotatable bonds is 2. The summed E-state index contributed by atoms with van der Waals surface area (Å²) in [5, 5.41) is 20.4. The average Bonchev–Trinajstić information content (AvgIpc) is 3.22. The number of sulfone groups is 1. The standard InChI is InChI=1S/C20H17N3O4S/c1-12-16(8-13-10-22-18-5-3-2-4-15(13)18)19(24)23(20(25)17(12)9-21)14-6-7-28(26,27)11-14/h2-5,8,10,14,24H,6-7,11H2,1H3/b13-8+. The number of benzene rings is 1. The van der Waals surface area contributed by atoms with E-state index < -0.39 is 21.4 Å². The van der Waals surface area contributed by atoms with Crippen LogP contribution < -0.4 is 5.56 Å². The van der Waals surface area contributed by atoms with Crippen LogP contribution in [0.25, 0.3) is 11.6 Å². The van der Waals surface area contributed by atoms with Gasteiger partial charge in [-0.2, -0.15) is 5.26 Å². The van der Waals surface area contributed by atoms with E-state index in [1.807, 2.05) is 30.3 Å². The van der Waals surface area contributed by atoms with Crippen molar-refractivity contribution in [3.63, 3.8) is 0 Å². The normalized spacial score (nSPS) is 21.0. The maximum absolute atomic E-state index is 12.8. The number of nitrogens with zero attached hydrogens (tertiary/aromatic N) is 3. The Morgan fingerprint density at radius 3 is 2.79 bits per heavy atom. The summed E-state index contributed by atoms with van der Waals surface area (Å²) in [4.78, 5) is 17.1. The van der Waals surface area contributed by atoms with E-state index in [4.69, 9.17) is 0 Å². The summed E-state index contributed by atoms with van der Waals surface area (Å²) < 4.78 is 24.8. The molecule has 2 aliphatic heterocycles. The molecule has 1 unspecified atom stereocenters. The van der Waals surface area contributed by atoms with Gasteiger partial charge >= 0.3 is 0 Å². The molecule has 0 amide bonds. The molecular formula is C20H17N3O4S. The van der Waals surface area contributed by atoms with Gasteiger partial charge in [0.1, 0.15) is 11.6 Å². The van der Waals surface area contributed by atoms with Crippen LogP contribution in [0.1, 0.15) is 34.7 Å². The highest BCUT2D eigenvalue weighted by Gasteiger charge is 2.33. The van der Waals surface area contributed by atoms with Crippen molar-refractivity contribution in [3.8, 4) is 11.9 Å². The largest absolute Gasteiger partial charge is 0.494 e. The monoisotopic (exact) mass is 395 g/mol. The van der Waals surface area contributed by atoms with E-state index in [-0.39, 0.29) is 29.4 Å². The summed E-state index contributed by atoms with van der Waals surface area (Å²) in [5.74, 6) is -0.598. The lowest BCUT2D eigenvalue weighted by Crippen LogP contribution is -2.29. The van der Waals surface area contributed by atoms with E-state index in [1.54, 1.807) is 19.2 Å². The molecular weight excluding hydrogens is 378 g/mol. The van der Waals surface area contributed by atoms with E-state index in [1.165, 1.54) is 0 Å². The first kappa shape index (κ1) is 18.2. The highest BCUT2D eigenvalue weighted by molar-refractivity contribution is 7.91. The van der Waals surface area contributed by atoms with Crippen LogP contribution in [-0.2, 0) is 9.84 Å². The topological polar surface area (TPSA) is 113 Å². The molecule has 1 fully saturated rings. The number of hydrogen-bond acceptors (Lipinski definition) is 6. The highest BCUT2D eigenvalue weighted by Crippen LogP contribution is 2.36. The lowest BCUT2D eigenvalue weighted by molar-refractivity contribution is 0.378. The molecule has 0 saturated carbocycles. The summed E-state index contributed by atoms with van der Waals surface area (Å²) >= 11 is 0. The molecule has 1 N–H and O–H groups in total. The minimum Gasteiger partial charge on any atom is -0.494 e. The van der Waals surface area contributed by atoms with Crippen molar-refractivity contribution in [2.24, 2.45) is 4.99 Å². The Hall–Kier alpha value is -3.18. The third-order valence-electron chi connectivity index (χ3n) is 5.22. The SMILES string of the molecule is Cc1c(/C=C2\C=Nc3ccccc32)c(O)n(C2CCS(=O)(=O)C2)c(=O)c1C#N. The van der Waals surface area contributed by atoms with Gasteiger partial charge in [-0.1, -0.05) is 18.2 Å². The van der Waals surface area contributed by atoms with Gasteiger partial charge in [0.15, 0.2) is 9.84 Å². The summed E-state index contributed by atoms with van der Waals surface area (Å²) in [7, 11) is -3.27. The fourth-order valence-electron chi connectivity index (χ4n) is 3.74. The maximum Gasteiger partial charge on any atom is 0.271 e. The van der Waals surface area contributed by atoms with Crippen molar-refractivity contribution >= 4 is 33.4 Å². The Bertz CT molecular complexity index is 1260. The molecule has 0 radical (unpaired) electrons. The summed E-state index contributed by atoms with van der Waals surface area (Å²) in [6, 6.07) is 8.72. The number of aromatic nitrogens is 1. The van der Waals surface area contributed by atoms with Gasteiger partial charge < -0.3 is 5.11 Å². The molecule has 1 atom stereocenters. The van der Waals surface area contributed by atoms with E-state index in [9.17, 15) is 23.6 Å². The quantitative estimate of drug-likeness (QED) is 0.839. The third kappa shape index (κ3) is 2.84. The molecule has 3 heterocycles. The van der Waals surface area contributed by atoms with Crippen molar-refractivity contribution in [1.29, 1.82) is 5.26 Å². The summed E-state index contributed by atoms with van der Waals surface area (Å²) in [6.07, 6.45) is 3.56. The average molecular weight is 395 g/mol. The van der Waals surface area contributed by atoms with Crippen LogP contribution in [-0.4, -0.2) is 35.8 Å². The van der Waals surface area contributed by atoms with Crippen LogP contribution in [0.4, 0.5) is 5.69 Å². The smallest absolute Gasteiger partial charge is 0.271 e. The fraction of sp³-hybridized carbons (Fsp3) is 0.250. The molecule has 4 rings (SSSR count). The highest BCUT2D eigenvalue weighted by atomic mass is 32.2. The predicted molar refractivity (Wildman–Crippen MR) is 107 cm³/mol. The molecule has 2 aliphatic rings. The minimum absolute atomic E-state index is 0.0459. The molecule has 142 valence electrons. The first-order valence-electron chi connectivity index (χ1n) is 8.76. The molecule has 0 spiro atoms. The van der Waals surface area contributed by atoms with Crippen molar-refractivity contribution in [3.05, 3.63) is 56.9 Å². The molecule has 2 aromatic rings. The van der Waals surface area contributed by atoms with E-state index in [0.717, 1.165) is 21.4 Å². The first-order chi connectivity index (χ1) is 13.3. The number of para-hydroxylation sites is 1. The van der Waals surface area contributed by atoms with Gasteiger partial charge in [-0.3, -0.25) is 14.4 Å². The number of allylic oxidation sites excluding steroid dienone is 1. The zero-order valence-corrected chi connectivity index (χ0v) is 15.9. The van der Waals surface area contributed by atoms with Gasteiger partial charge in [-0.05, 0) is 31.1 Å². The van der Waals surface area contributed by atoms with Crippen molar-refractivity contribution < 1.29 is 13.5 Å². The second kappa shape index (κ2) is 6.46. The van der Waals surface area contributed by atoms with Gasteiger partial charge in [0.2, 0.25) is 5.88 Å². The third-order valence-corrected chi connectivity index (χ3v) is 6.97. The Morgan fingerprint density at radius 1 is 1.36 bits per heavy atom. The Kier molecular flexibility index (Phi) is 4.20. The number of hydrogen-bond donors (Lipinski definition) is 1. The summed E-state index contributed by atoms with van der Waals surface area (Å²) in [6.45, 7) is 1.60. The lowest BCUT2D eigenvalue weighted by atomic mass is 9.99. The van der Waals surface area contributed by atoms with E-state index in [2.05, 4.69) is 4.99 Å². The predicted octanol–water partition coefficient (Wildman–Crippen LogP) is 2.35. The second-order valence-electron chi connectivity index (χ2n) is 6.96. The van der Waals surface area contributed by atoms with Gasteiger partial charge in [0.25, 0.3) is 5.56 Å². The lowest BCUT2D eigenvalue weighted by Gasteiger charge is -2.18. The van der Waals surface area contributed by atoms with Crippen molar-refractivity contribution in [2.45, 2.75) is 19.4 Å². The number of pyridine rings is 1. The number of aliphatic imine (C=N–C) groups is 1. The van der Waals surface area contributed by atoms with Crippen LogP contribution >= 0.6 is 0 Å². The van der Waals surface area contributed by atoms with Gasteiger partial charge in [0.05, 0.1) is 23.2 Å². The van der Waals surface area contributed by atoms with E-state index in [0.29, 0.717) is 11.1 Å². The van der Waals surface area contributed by atoms with Crippen LogP contribution in [0.5, 0.6) is 5.88 Å². The number of aromatic hydroxyl groups is 1. The van der Waals surface area contributed by atoms with Crippen LogP contribution in [0.15, 0.2) is 34.1 Å². The molecule has 8 heteroatoms. The molecule has 1 saturated heterocycles. The Labute approximate surface area is 161 Å². The second-order valence-corrected chi connectivity index (χ2v) is 9.18. The maximum atomic E-state index is 12.8. The Morgan fingerprint density at radius 2 is 2.11 bits per heavy atom. The zero-order valence-electron chi connectivity index (χ0n) is 15.1. The number of nitriles is 1. The minimum atomic E-state index is -3.27. The van der Waals surface area contributed by atoms with Crippen LogP contribution in [0.2, 0.25) is 0 Å². The summed E-state index contributed by atoms with van der Waals surface area (Å²) in [5.41, 5.74) is 2.31. The fourth-order valence-corrected chi connectivity index (χ4v) is 5.44. The van der Waals surface area contributed by atoms with Crippen molar-refractivity contribution in [2.75, 3.05) is 11.5 Å². The zero-order chi connectivity index (χ0) is 20.1. The van der Waals surface area contributed by atoms with Crippen LogP contribution in [0.3, 0.4) is 0 Å². The van der Waals surface area contributed by atoms with Gasteiger partial charge in [0, 0.05) is 22.9 Å². The van der Waals surface area contributed by atoms with Gasteiger partial charge in [-0.25, -0.2) is 8.42 Å². The molecule has 1 aromatic carbocycles. The van der Waals surface area contributed by atoms with Gasteiger partial charge in [-0.15, -0.1) is 0 Å². The molecule has 7 nitrogen and oxygen atoms in total. The Balaban J connectivity index is 1.93. The molecule has 28 heavy (non-hydrogen) atoms. The van der Waals surface area contributed by atoms with E-state index >= 15 is 0 Å². The number of fused-ring (bicyclic) bond motifs is 1. The molecule has 1 aromatic heterocycles. The first-order valence-corrected chi connectivity index (χ1v) is 10.6. The van der Waals surface area contributed by atoms with Crippen molar-refractivity contribution in [1.82, 2.24) is 4.57 Å². The molecule has 0 aliphatic carbocycles. The van der Waals surface area contributed by atoms with Crippen LogP contribution in [0, 0.1) is 18.3 Å². The molecule has 0 bridgehead atoms.